The Morgan fingerprint density at radius 1 is 0.370 bits per heavy atom. The first kappa shape index (κ1) is 45.5. The first-order valence-corrected chi connectivity index (χ1v) is 17.3. The molecule has 0 atom stereocenters. The molecule has 0 unspecified atom stereocenters. The highest BCUT2D eigenvalue weighted by Gasteiger charge is 2.15. The Balaban J connectivity index is 3.09. The molecular weight excluding hydrogens is 676 g/mol. The van der Waals surface area contributed by atoms with Gasteiger partial charge in [-0.15, -0.1) is 0 Å². The minimum Gasteiger partial charge on any atom is -0.460 e. The van der Waals surface area contributed by atoms with E-state index >= 15 is 0 Å². The highest BCUT2D eigenvalue weighted by molar-refractivity contribution is 9.09. The molecular formula is C31H61BrO14. The molecule has 0 N–H and O–H groups in total. The first-order chi connectivity index (χ1) is 22.5. The van der Waals surface area contributed by atoms with Gasteiger partial charge in [-0.05, 0) is 20.8 Å². The second-order valence-electron chi connectivity index (χ2n) is 10.4. The predicted octanol–water partition coefficient (Wildman–Crippen LogP) is 2.31. The normalized spacial score (nSPS) is 11.8. The maximum Gasteiger partial charge on any atom is 0.308 e. The van der Waals surface area contributed by atoms with Gasteiger partial charge in [0.2, 0.25) is 0 Å². The quantitative estimate of drug-likeness (QED) is 0.0521. The van der Waals surface area contributed by atoms with Crippen LogP contribution in [0, 0.1) is 0 Å². The Morgan fingerprint density at radius 2 is 0.565 bits per heavy atom. The Morgan fingerprint density at radius 3 is 0.761 bits per heavy atom. The fourth-order valence-electron chi connectivity index (χ4n) is 3.12. The maximum atomic E-state index is 11.6. The summed E-state index contributed by atoms with van der Waals surface area (Å²) in [4.78, 5) is 11.6. The van der Waals surface area contributed by atoms with Crippen molar-refractivity contribution >= 4 is 21.9 Å². The van der Waals surface area contributed by atoms with Gasteiger partial charge >= 0.3 is 5.97 Å². The molecule has 0 heterocycles. The molecule has 0 rings (SSSR count). The number of halogens is 1. The van der Waals surface area contributed by atoms with Gasteiger partial charge < -0.3 is 61.6 Å². The molecule has 0 amide bonds. The number of rotatable bonds is 38. The van der Waals surface area contributed by atoms with E-state index in [1.807, 2.05) is 20.8 Å². The Hall–Kier alpha value is -0.530. The summed E-state index contributed by atoms with van der Waals surface area (Å²) in [5.74, 6) is -0.265. The number of esters is 1. The van der Waals surface area contributed by atoms with E-state index in [0.717, 1.165) is 5.33 Å². The lowest BCUT2D eigenvalue weighted by Gasteiger charge is -2.19. The second kappa shape index (κ2) is 37.3. The maximum absolute atomic E-state index is 11.6. The van der Waals surface area contributed by atoms with Gasteiger partial charge in [0, 0.05) is 5.33 Å². The van der Waals surface area contributed by atoms with Crippen molar-refractivity contribution in [3.63, 3.8) is 0 Å². The molecule has 0 saturated heterocycles. The average molecular weight is 738 g/mol. The molecule has 0 fully saturated rings. The smallest absolute Gasteiger partial charge is 0.308 e. The summed E-state index contributed by atoms with van der Waals surface area (Å²) in [7, 11) is 0. The number of alkyl halides is 1. The van der Waals surface area contributed by atoms with Crippen molar-refractivity contribution in [3.05, 3.63) is 0 Å². The zero-order valence-electron chi connectivity index (χ0n) is 28.5. The van der Waals surface area contributed by atoms with E-state index in [1.54, 1.807) is 0 Å². The molecule has 0 saturated carbocycles. The van der Waals surface area contributed by atoms with Crippen molar-refractivity contribution in [3.8, 4) is 0 Å². The molecule has 0 aromatic heterocycles. The van der Waals surface area contributed by atoms with Crippen molar-refractivity contribution in [2.24, 2.45) is 0 Å². The molecule has 276 valence electrons. The summed E-state index contributed by atoms with van der Waals surface area (Å²) in [5, 5.41) is 0.834. The van der Waals surface area contributed by atoms with Gasteiger partial charge in [0.1, 0.15) is 5.60 Å². The molecule has 0 aliphatic carbocycles. The minimum atomic E-state index is -0.473. The van der Waals surface area contributed by atoms with E-state index in [4.69, 9.17) is 61.6 Å². The number of ether oxygens (including phenoxy) is 13. The number of hydrogen-bond acceptors (Lipinski definition) is 14. The lowest BCUT2D eigenvalue weighted by Crippen LogP contribution is -2.24. The molecule has 0 radical (unpaired) electrons. The summed E-state index contributed by atoms with van der Waals surface area (Å²) in [6, 6.07) is 0. The van der Waals surface area contributed by atoms with Crippen LogP contribution in [0.4, 0.5) is 0 Å². The monoisotopic (exact) mass is 736 g/mol. The van der Waals surface area contributed by atoms with Crippen molar-refractivity contribution in [1.29, 1.82) is 0 Å². The standard InChI is InChI=1S/C31H61BrO14/c1-31(2,3)46-30(33)4-6-34-8-10-36-12-14-38-16-18-40-20-22-42-24-26-44-28-29-45-27-25-43-23-21-41-19-17-39-15-13-37-11-9-35-7-5-32/h4-29H2,1-3H3. The molecule has 0 bridgehead atoms. The summed E-state index contributed by atoms with van der Waals surface area (Å²) >= 11 is 3.30. The van der Waals surface area contributed by atoms with Crippen LogP contribution in [0.5, 0.6) is 0 Å². The molecule has 0 aromatic rings. The van der Waals surface area contributed by atoms with Gasteiger partial charge in [-0.1, -0.05) is 15.9 Å². The lowest BCUT2D eigenvalue weighted by molar-refractivity contribution is -0.156. The Bertz CT molecular complexity index is 612. The van der Waals surface area contributed by atoms with Crippen LogP contribution < -0.4 is 0 Å². The third-order valence-electron chi connectivity index (χ3n) is 5.18. The van der Waals surface area contributed by atoms with E-state index in [2.05, 4.69) is 15.9 Å². The molecule has 0 aliphatic heterocycles. The van der Waals surface area contributed by atoms with E-state index in [0.29, 0.717) is 159 Å². The van der Waals surface area contributed by atoms with Gasteiger partial charge in [-0.3, -0.25) is 4.79 Å². The van der Waals surface area contributed by atoms with Gasteiger partial charge in [-0.25, -0.2) is 0 Å². The molecule has 46 heavy (non-hydrogen) atoms. The van der Waals surface area contributed by atoms with Crippen LogP contribution in [0.3, 0.4) is 0 Å². The highest BCUT2D eigenvalue weighted by atomic mass is 79.9. The highest BCUT2D eigenvalue weighted by Crippen LogP contribution is 2.08. The van der Waals surface area contributed by atoms with E-state index < -0.39 is 5.60 Å². The molecule has 0 spiro atoms. The van der Waals surface area contributed by atoms with Crippen molar-refractivity contribution in [2.45, 2.75) is 32.8 Å². The van der Waals surface area contributed by atoms with Gasteiger partial charge in [0.05, 0.1) is 165 Å². The lowest BCUT2D eigenvalue weighted by atomic mass is 10.2. The zero-order chi connectivity index (χ0) is 33.7. The number of carbonyl (C=O) groups excluding carboxylic acids is 1. The van der Waals surface area contributed by atoms with Crippen LogP contribution in [-0.2, 0) is 66.4 Å². The second-order valence-corrected chi connectivity index (χ2v) is 11.2. The van der Waals surface area contributed by atoms with E-state index in [-0.39, 0.29) is 12.4 Å². The third-order valence-corrected chi connectivity index (χ3v) is 5.51. The molecule has 0 aliphatic rings. The van der Waals surface area contributed by atoms with Gasteiger partial charge in [0.25, 0.3) is 0 Å². The van der Waals surface area contributed by atoms with Crippen LogP contribution in [0.25, 0.3) is 0 Å². The molecule has 14 nitrogen and oxygen atoms in total. The van der Waals surface area contributed by atoms with Crippen molar-refractivity contribution in [2.75, 3.05) is 164 Å². The zero-order valence-corrected chi connectivity index (χ0v) is 30.1. The number of carbonyl (C=O) groups is 1. The molecule has 15 heteroatoms. The first-order valence-electron chi connectivity index (χ1n) is 16.2. The fraction of sp³-hybridized carbons (Fsp3) is 0.968. The van der Waals surface area contributed by atoms with Crippen LogP contribution in [0.1, 0.15) is 27.2 Å². The number of hydrogen-bond donors (Lipinski definition) is 0. The van der Waals surface area contributed by atoms with E-state index in [9.17, 15) is 4.79 Å². The average Bonchev–Trinajstić information content (AvgIpc) is 3.01. The van der Waals surface area contributed by atoms with E-state index in [1.165, 1.54) is 0 Å². The SMILES string of the molecule is CC(C)(C)OC(=O)CCOCCOCCOCCOCCOCCOCCOCCOCCOCCOCCOCCOCCBr. The largest absolute Gasteiger partial charge is 0.460 e. The summed E-state index contributed by atoms with van der Waals surface area (Å²) in [6.07, 6.45) is 0.232. The predicted molar refractivity (Wildman–Crippen MR) is 174 cm³/mol. The third kappa shape index (κ3) is 41.5. The Labute approximate surface area is 284 Å². The van der Waals surface area contributed by atoms with Crippen molar-refractivity contribution < 1.29 is 66.4 Å². The van der Waals surface area contributed by atoms with Crippen LogP contribution in [-0.4, -0.2) is 175 Å². The van der Waals surface area contributed by atoms with Crippen LogP contribution in [0.15, 0.2) is 0 Å². The summed E-state index contributed by atoms with van der Waals surface area (Å²) < 4.78 is 70.3. The Kier molecular flexibility index (Phi) is 36.9. The summed E-state index contributed by atoms with van der Waals surface area (Å²) in [6.45, 7) is 17.6. The summed E-state index contributed by atoms with van der Waals surface area (Å²) in [5.41, 5.74) is -0.473. The van der Waals surface area contributed by atoms with Gasteiger partial charge in [-0.2, -0.15) is 0 Å². The topological polar surface area (TPSA) is 137 Å². The van der Waals surface area contributed by atoms with Crippen molar-refractivity contribution in [1.82, 2.24) is 0 Å². The van der Waals surface area contributed by atoms with Crippen LogP contribution in [0.2, 0.25) is 0 Å². The van der Waals surface area contributed by atoms with Gasteiger partial charge in [0.15, 0.2) is 0 Å². The molecule has 0 aromatic carbocycles. The minimum absolute atomic E-state index is 0.232. The van der Waals surface area contributed by atoms with Crippen LogP contribution >= 0.6 is 15.9 Å². The fourth-order valence-corrected chi connectivity index (χ4v) is 3.35.